The van der Waals surface area contributed by atoms with Gasteiger partial charge in [-0.25, -0.2) is 0 Å². The molecule has 0 aliphatic heterocycles. The summed E-state index contributed by atoms with van der Waals surface area (Å²) in [5, 5.41) is 2.27. The lowest BCUT2D eigenvalue weighted by molar-refractivity contribution is 0.413. The normalized spacial score (nSPS) is 10.6. The summed E-state index contributed by atoms with van der Waals surface area (Å²) in [6.45, 7) is 0. The number of nitrogens with two attached hydrogens (primary N) is 1. The minimum atomic E-state index is 0.547. The summed E-state index contributed by atoms with van der Waals surface area (Å²) in [7, 11) is 1.61. The molecule has 0 aliphatic carbocycles. The minimum Gasteiger partial charge on any atom is -0.497 e. The molecule has 0 spiro atoms. The van der Waals surface area contributed by atoms with Crippen molar-refractivity contribution in [3.63, 3.8) is 0 Å². The van der Waals surface area contributed by atoms with Crippen LogP contribution in [0.15, 0.2) is 59.1 Å². The molecule has 3 rings (SSSR count). The summed E-state index contributed by atoms with van der Waals surface area (Å²) in [5.41, 5.74) is 6.51. The summed E-state index contributed by atoms with van der Waals surface area (Å²) in [6.07, 6.45) is 0. The van der Waals surface area contributed by atoms with Crippen LogP contribution in [0.4, 0.5) is 5.69 Å². The Morgan fingerprint density at radius 1 is 0.857 bits per heavy atom. The average molecular weight is 344 g/mol. The quantitative estimate of drug-likeness (QED) is 0.681. The number of halogens is 1. The molecule has 0 bridgehead atoms. The summed E-state index contributed by atoms with van der Waals surface area (Å²) in [4.78, 5) is 0. The smallest absolute Gasteiger partial charge is 0.150 e. The number of nitrogen functional groups attached to an aromatic ring is 1. The third kappa shape index (κ3) is 2.95. The Labute approximate surface area is 131 Å². The Bertz CT molecular complexity index is 802. The van der Waals surface area contributed by atoms with Gasteiger partial charge in [-0.05, 0) is 47.2 Å². The van der Waals surface area contributed by atoms with Crippen molar-refractivity contribution < 1.29 is 9.47 Å². The fourth-order valence-corrected chi connectivity index (χ4v) is 2.51. The maximum absolute atomic E-state index is 5.97. The zero-order valence-corrected chi connectivity index (χ0v) is 13.1. The van der Waals surface area contributed by atoms with Gasteiger partial charge in [0.05, 0.1) is 12.8 Å². The Morgan fingerprint density at radius 2 is 1.57 bits per heavy atom. The SMILES string of the molecule is COc1ccc(Oc2ccc3cc(Br)ccc3c2)c(N)c1. The van der Waals surface area contributed by atoms with E-state index in [1.54, 1.807) is 19.2 Å². The molecule has 0 unspecified atom stereocenters. The van der Waals surface area contributed by atoms with Crippen LogP contribution in [-0.2, 0) is 0 Å². The van der Waals surface area contributed by atoms with Crippen molar-refractivity contribution in [1.82, 2.24) is 0 Å². The van der Waals surface area contributed by atoms with Gasteiger partial charge in [0.15, 0.2) is 5.75 Å². The van der Waals surface area contributed by atoms with Crippen molar-refractivity contribution >= 4 is 32.4 Å². The van der Waals surface area contributed by atoms with Crippen LogP contribution in [0.1, 0.15) is 0 Å². The molecule has 0 radical (unpaired) electrons. The highest BCUT2D eigenvalue weighted by Crippen LogP contribution is 2.32. The fourth-order valence-electron chi connectivity index (χ4n) is 2.13. The van der Waals surface area contributed by atoms with Crippen LogP contribution in [0.2, 0.25) is 0 Å². The highest BCUT2D eigenvalue weighted by Gasteiger charge is 2.05. The van der Waals surface area contributed by atoms with Crippen molar-refractivity contribution in [3.05, 3.63) is 59.1 Å². The summed E-state index contributed by atoms with van der Waals surface area (Å²) < 4.78 is 12.0. The lowest BCUT2D eigenvalue weighted by atomic mass is 10.1. The molecule has 106 valence electrons. The lowest BCUT2D eigenvalue weighted by Gasteiger charge is -2.10. The Hall–Kier alpha value is -2.20. The highest BCUT2D eigenvalue weighted by atomic mass is 79.9. The van der Waals surface area contributed by atoms with Crippen LogP contribution in [0.3, 0.4) is 0 Å². The zero-order chi connectivity index (χ0) is 14.8. The molecule has 0 aromatic heterocycles. The summed E-state index contributed by atoms with van der Waals surface area (Å²) in [6, 6.07) is 17.4. The van der Waals surface area contributed by atoms with E-state index in [9.17, 15) is 0 Å². The van der Waals surface area contributed by atoms with Gasteiger partial charge >= 0.3 is 0 Å². The van der Waals surface area contributed by atoms with Gasteiger partial charge in [0.2, 0.25) is 0 Å². The van der Waals surface area contributed by atoms with Crippen molar-refractivity contribution in [3.8, 4) is 17.2 Å². The van der Waals surface area contributed by atoms with Crippen LogP contribution in [0.25, 0.3) is 10.8 Å². The molecule has 0 aliphatic rings. The molecule has 3 nitrogen and oxygen atoms in total. The number of anilines is 1. The van der Waals surface area contributed by atoms with Gasteiger partial charge in [-0.3, -0.25) is 0 Å². The third-order valence-corrected chi connectivity index (χ3v) is 3.71. The molecule has 0 saturated heterocycles. The third-order valence-electron chi connectivity index (χ3n) is 3.22. The molecular weight excluding hydrogens is 330 g/mol. The molecule has 4 heteroatoms. The van der Waals surface area contributed by atoms with Gasteiger partial charge in [0.25, 0.3) is 0 Å². The van der Waals surface area contributed by atoms with Gasteiger partial charge in [0.1, 0.15) is 11.5 Å². The predicted octanol–water partition coefficient (Wildman–Crippen LogP) is 4.99. The second kappa shape index (κ2) is 5.66. The minimum absolute atomic E-state index is 0.547. The first-order chi connectivity index (χ1) is 10.2. The Kier molecular flexibility index (Phi) is 3.71. The number of methoxy groups -OCH3 is 1. The molecule has 3 aromatic carbocycles. The number of fused-ring (bicyclic) bond motifs is 1. The van der Waals surface area contributed by atoms with Crippen LogP contribution in [0.5, 0.6) is 17.2 Å². The molecule has 0 heterocycles. The first-order valence-corrected chi connectivity index (χ1v) is 7.26. The molecule has 0 fully saturated rings. The van der Waals surface area contributed by atoms with Gasteiger partial charge in [-0.2, -0.15) is 0 Å². The van der Waals surface area contributed by atoms with E-state index in [1.807, 2.05) is 36.4 Å². The molecule has 0 atom stereocenters. The van der Waals surface area contributed by atoms with Crippen LogP contribution >= 0.6 is 15.9 Å². The van der Waals surface area contributed by atoms with E-state index in [0.29, 0.717) is 17.2 Å². The molecule has 0 amide bonds. The van der Waals surface area contributed by atoms with Crippen molar-refractivity contribution in [2.75, 3.05) is 12.8 Å². The number of rotatable bonds is 3. The number of benzene rings is 3. The maximum atomic E-state index is 5.97. The second-order valence-electron chi connectivity index (χ2n) is 4.66. The van der Waals surface area contributed by atoms with E-state index in [0.717, 1.165) is 21.0 Å². The number of hydrogen-bond acceptors (Lipinski definition) is 3. The van der Waals surface area contributed by atoms with Crippen molar-refractivity contribution in [2.24, 2.45) is 0 Å². The molecule has 2 N–H and O–H groups in total. The Morgan fingerprint density at radius 3 is 2.33 bits per heavy atom. The first kappa shape index (κ1) is 13.8. The monoisotopic (exact) mass is 343 g/mol. The first-order valence-electron chi connectivity index (χ1n) is 6.46. The Balaban J connectivity index is 1.92. The van der Waals surface area contributed by atoms with Crippen LogP contribution < -0.4 is 15.2 Å². The largest absolute Gasteiger partial charge is 0.497 e. The summed E-state index contributed by atoms with van der Waals surface area (Å²) in [5.74, 6) is 2.08. The van der Waals surface area contributed by atoms with Crippen LogP contribution in [0, 0.1) is 0 Å². The van der Waals surface area contributed by atoms with E-state index >= 15 is 0 Å². The van der Waals surface area contributed by atoms with E-state index in [2.05, 4.69) is 22.0 Å². The van der Waals surface area contributed by atoms with E-state index in [1.165, 1.54) is 0 Å². The van der Waals surface area contributed by atoms with Gasteiger partial charge in [-0.1, -0.05) is 28.1 Å². The molecule has 0 saturated carbocycles. The second-order valence-corrected chi connectivity index (χ2v) is 5.57. The molecular formula is C17H14BrNO2. The van der Waals surface area contributed by atoms with Crippen molar-refractivity contribution in [1.29, 1.82) is 0 Å². The van der Waals surface area contributed by atoms with Crippen LogP contribution in [-0.4, -0.2) is 7.11 Å². The van der Waals surface area contributed by atoms with Crippen molar-refractivity contribution in [2.45, 2.75) is 0 Å². The summed E-state index contributed by atoms with van der Waals surface area (Å²) >= 11 is 3.47. The van der Waals surface area contributed by atoms with Gasteiger partial charge in [0, 0.05) is 10.5 Å². The highest BCUT2D eigenvalue weighted by molar-refractivity contribution is 9.10. The predicted molar refractivity (Wildman–Crippen MR) is 89.1 cm³/mol. The zero-order valence-electron chi connectivity index (χ0n) is 11.5. The fraction of sp³-hybridized carbons (Fsp3) is 0.0588. The standard InChI is InChI=1S/C17H14BrNO2/c1-20-14-6-7-17(16(19)10-14)21-15-5-3-11-8-13(18)4-2-12(11)9-15/h2-10H,19H2,1H3. The average Bonchev–Trinajstić information content (AvgIpc) is 2.49. The molecule has 21 heavy (non-hydrogen) atoms. The molecule has 3 aromatic rings. The van der Waals surface area contributed by atoms with E-state index in [-0.39, 0.29) is 0 Å². The number of hydrogen-bond donors (Lipinski definition) is 1. The van der Waals surface area contributed by atoms with E-state index < -0.39 is 0 Å². The van der Waals surface area contributed by atoms with Gasteiger partial charge < -0.3 is 15.2 Å². The maximum Gasteiger partial charge on any atom is 0.150 e. The van der Waals surface area contributed by atoms with E-state index in [4.69, 9.17) is 15.2 Å². The number of ether oxygens (including phenoxy) is 2. The topological polar surface area (TPSA) is 44.5 Å². The lowest BCUT2D eigenvalue weighted by Crippen LogP contribution is -1.93. The van der Waals surface area contributed by atoms with Gasteiger partial charge in [-0.15, -0.1) is 0 Å².